The smallest absolute Gasteiger partial charge is 0.322 e. The van der Waals surface area contributed by atoms with Crippen LogP contribution < -0.4 is 10.2 Å². The SMILES string of the molecule is CC1CN(c2ncnc3[nH]c(-c4ccncc4)cc23)CCN1C(=O)Nc1ccccc1. The van der Waals surface area contributed by atoms with Gasteiger partial charge in [-0.3, -0.25) is 4.98 Å². The number of piperazine rings is 1. The summed E-state index contributed by atoms with van der Waals surface area (Å²) in [5, 5.41) is 3.96. The summed E-state index contributed by atoms with van der Waals surface area (Å²) < 4.78 is 0. The number of rotatable bonds is 3. The molecule has 156 valence electrons. The Bertz CT molecular complexity index is 1190. The second-order valence-corrected chi connectivity index (χ2v) is 7.66. The molecule has 8 heteroatoms. The van der Waals surface area contributed by atoms with Gasteiger partial charge < -0.3 is 20.1 Å². The number of hydrogen-bond acceptors (Lipinski definition) is 5. The number of hydrogen-bond donors (Lipinski definition) is 2. The number of H-pyrrole nitrogens is 1. The average Bonchev–Trinajstić information content (AvgIpc) is 3.25. The quantitative estimate of drug-likeness (QED) is 0.534. The second-order valence-electron chi connectivity index (χ2n) is 7.66. The zero-order valence-corrected chi connectivity index (χ0v) is 17.2. The van der Waals surface area contributed by atoms with Gasteiger partial charge in [-0.05, 0) is 37.3 Å². The van der Waals surface area contributed by atoms with E-state index >= 15 is 0 Å². The molecule has 5 rings (SSSR count). The predicted octanol–water partition coefficient (Wildman–Crippen LogP) is 3.76. The number of carbonyl (C=O) groups excluding carboxylic acids is 1. The number of amides is 2. The summed E-state index contributed by atoms with van der Waals surface area (Å²) in [5.74, 6) is 0.886. The van der Waals surface area contributed by atoms with Gasteiger partial charge in [0.2, 0.25) is 0 Å². The number of aromatic nitrogens is 4. The van der Waals surface area contributed by atoms with Crippen LogP contribution in [0.25, 0.3) is 22.3 Å². The van der Waals surface area contributed by atoms with Crippen molar-refractivity contribution in [3.05, 3.63) is 67.3 Å². The summed E-state index contributed by atoms with van der Waals surface area (Å²) in [6.45, 7) is 4.08. The highest BCUT2D eigenvalue weighted by atomic mass is 16.2. The summed E-state index contributed by atoms with van der Waals surface area (Å²) in [6.07, 6.45) is 5.13. The molecule has 0 radical (unpaired) electrons. The lowest BCUT2D eigenvalue weighted by Gasteiger charge is -2.40. The van der Waals surface area contributed by atoms with E-state index in [9.17, 15) is 4.79 Å². The molecule has 2 amide bonds. The molecule has 1 aliphatic heterocycles. The Morgan fingerprint density at radius 3 is 2.68 bits per heavy atom. The van der Waals surface area contributed by atoms with E-state index in [4.69, 9.17) is 0 Å². The van der Waals surface area contributed by atoms with E-state index in [1.165, 1.54) is 0 Å². The van der Waals surface area contributed by atoms with E-state index in [0.717, 1.165) is 33.8 Å². The van der Waals surface area contributed by atoms with Crippen LogP contribution in [-0.2, 0) is 0 Å². The monoisotopic (exact) mass is 413 g/mol. The maximum absolute atomic E-state index is 12.8. The molecule has 0 bridgehead atoms. The highest BCUT2D eigenvalue weighted by molar-refractivity contribution is 5.92. The highest BCUT2D eigenvalue weighted by Gasteiger charge is 2.29. The van der Waals surface area contributed by atoms with Gasteiger partial charge in [-0.25, -0.2) is 14.8 Å². The Hall–Kier alpha value is -3.94. The first-order valence-electron chi connectivity index (χ1n) is 10.3. The zero-order valence-electron chi connectivity index (χ0n) is 17.2. The molecule has 3 aromatic heterocycles. The van der Waals surface area contributed by atoms with Gasteiger partial charge in [0.1, 0.15) is 17.8 Å². The van der Waals surface area contributed by atoms with Gasteiger partial charge in [0, 0.05) is 55.0 Å². The lowest BCUT2D eigenvalue weighted by Crippen LogP contribution is -2.55. The molecule has 1 atom stereocenters. The van der Waals surface area contributed by atoms with Gasteiger partial charge in [0.05, 0.1) is 5.39 Å². The lowest BCUT2D eigenvalue weighted by molar-refractivity contribution is 0.184. The van der Waals surface area contributed by atoms with Crippen molar-refractivity contribution in [2.75, 3.05) is 29.9 Å². The molecule has 4 aromatic rings. The molecule has 1 aromatic carbocycles. The number of fused-ring (bicyclic) bond motifs is 1. The molecule has 1 saturated heterocycles. The minimum absolute atomic E-state index is 0.0427. The number of anilines is 2. The van der Waals surface area contributed by atoms with Gasteiger partial charge in [0.25, 0.3) is 0 Å². The maximum atomic E-state index is 12.8. The summed E-state index contributed by atoms with van der Waals surface area (Å²) in [5.41, 5.74) is 3.63. The minimum atomic E-state index is -0.0761. The molecular formula is C23H23N7O. The third-order valence-corrected chi connectivity index (χ3v) is 5.61. The number of carbonyl (C=O) groups is 1. The van der Waals surface area contributed by atoms with Crippen LogP contribution in [0.4, 0.5) is 16.3 Å². The minimum Gasteiger partial charge on any atom is -0.352 e. The Labute approximate surface area is 180 Å². The van der Waals surface area contributed by atoms with Crippen LogP contribution >= 0.6 is 0 Å². The summed E-state index contributed by atoms with van der Waals surface area (Å²) in [7, 11) is 0. The van der Waals surface area contributed by atoms with Crippen LogP contribution in [0.2, 0.25) is 0 Å². The van der Waals surface area contributed by atoms with Crippen LogP contribution in [0.15, 0.2) is 67.3 Å². The van der Waals surface area contributed by atoms with E-state index in [2.05, 4.69) is 43.1 Å². The van der Waals surface area contributed by atoms with Crippen LogP contribution in [-0.4, -0.2) is 56.5 Å². The van der Waals surface area contributed by atoms with Crippen molar-refractivity contribution in [3.8, 4) is 11.3 Å². The number of pyridine rings is 1. The summed E-state index contributed by atoms with van der Waals surface area (Å²) in [4.78, 5) is 33.3. The van der Waals surface area contributed by atoms with E-state index in [1.807, 2.05) is 47.4 Å². The van der Waals surface area contributed by atoms with Crippen LogP contribution in [0.3, 0.4) is 0 Å². The lowest BCUT2D eigenvalue weighted by atomic mass is 10.1. The van der Waals surface area contributed by atoms with E-state index in [0.29, 0.717) is 19.6 Å². The molecule has 31 heavy (non-hydrogen) atoms. The third-order valence-electron chi connectivity index (χ3n) is 5.61. The maximum Gasteiger partial charge on any atom is 0.322 e. The van der Waals surface area contributed by atoms with Crippen molar-refractivity contribution >= 4 is 28.6 Å². The van der Waals surface area contributed by atoms with Crippen molar-refractivity contribution in [2.45, 2.75) is 13.0 Å². The first-order chi connectivity index (χ1) is 15.2. The molecule has 0 saturated carbocycles. The number of para-hydroxylation sites is 1. The molecule has 8 nitrogen and oxygen atoms in total. The second kappa shape index (κ2) is 8.06. The summed E-state index contributed by atoms with van der Waals surface area (Å²) in [6, 6.07) is 15.5. The summed E-state index contributed by atoms with van der Waals surface area (Å²) >= 11 is 0. The number of aromatic amines is 1. The third kappa shape index (κ3) is 3.79. The number of benzene rings is 1. The Morgan fingerprint density at radius 1 is 1.10 bits per heavy atom. The fourth-order valence-corrected chi connectivity index (χ4v) is 4.03. The van der Waals surface area contributed by atoms with Crippen molar-refractivity contribution in [3.63, 3.8) is 0 Å². The molecular weight excluding hydrogens is 390 g/mol. The van der Waals surface area contributed by atoms with Crippen molar-refractivity contribution < 1.29 is 4.79 Å². The molecule has 1 aliphatic rings. The van der Waals surface area contributed by atoms with Crippen LogP contribution in [0.1, 0.15) is 6.92 Å². The number of urea groups is 1. The van der Waals surface area contributed by atoms with Gasteiger partial charge >= 0.3 is 6.03 Å². The average molecular weight is 413 g/mol. The Balaban J connectivity index is 1.35. The first-order valence-corrected chi connectivity index (χ1v) is 10.3. The van der Waals surface area contributed by atoms with Gasteiger partial charge in [0.15, 0.2) is 0 Å². The fourth-order valence-electron chi connectivity index (χ4n) is 4.03. The molecule has 2 N–H and O–H groups in total. The van der Waals surface area contributed by atoms with Gasteiger partial charge in [-0.1, -0.05) is 18.2 Å². The standard InChI is InChI=1S/C23H23N7O/c1-16-14-29(11-12-30(16)23(31)27-18-5-3-2-4-6-18)22-19-13-20(17-7-9-24-10-8-17)28-21(19)25-15-26-22/h2-10,13,15-16H,11-12,14H2,1H3,(H,27,31)(H,25,26,28). The molecule has 4 heterocycles. The molecule has 0 spiro atoms. The zero-order chi connectivity index (χ0) is 21.2. The fraction of sp³-hybridized carbons (Fsp3) is 0.217. The first kappa shape index (κ1) is 19.0. The Kier molecular flexibility index (Phi) is 4.95. The van der Waals surface area contributed by atoms with Gasteiger partial charge in [-0.15, -0.1) is 0 Å². The van der Waals surface area contributed by atoms with E-state index in [1.54, 1.807) is 18.7 Å². The molecule has 1 fully saturated rings. The molecule has 0 aliphatic carbocycles. The highest BCUT2D eigenvalue weighted by Crippen LogP contribution is 2.29. The topological polar surface area (TPSA) is 90.0 Å². The van der Waals surface area contributed by atoms with E-state index < -0.39 is 0 Å². The normalized spacial score (nSPS) is 16.5. The van der Waals surface area contributed by atoms with Crippen LogP contribution in [0, 0.1) is 0 Å². The number of nitrogens with one attached hydrogen (secondary N) is 2. The van der Waals surface area contributed by atoms with Crippen LogP contribution in [0.5, 0.6) is 0 Å². The van der Waals surface area contributed by atoms with Crippen molar-refractivity contribution in [2.24, 2.45) is 0 Å². The van der Waals surface area contributed by atoms with Crippen molar-refractivity contribution in [1.29, 1.82) is 0 Å². The van der Waals surface area contributed by atoms with E-state index in [-0.39, 0.29) is 12.1 Å². The number of nitrogens with zero attached hydrogens (tertiary/aromatic N) is 5. The van der Waals surface area contributed by atoms with Gasteiger partial charge in [-0.2, -0.15) is 0 Å². The Morgan fingerprint density at radius 2 is 1.90 bits per heavy atom. The van der Waals surface area contributed by atoms with Crippen molar-refractivity contribution in [1.82, 2.24) is 24.8 Å². The predicted molar refractivity (Wildman–Crippen MR) is 121 cm³/mol. The molecule has 1 unspecified atom stereocenters. The largest absolute Gasteiger partial charge is 0.352 e.